The van der Waals surface area contributed by atoms with Gasteiger partial charge in [0.25, 0.3) is 0 Å². The Balaban J connectivity index is 2.15. The summed E-state index contributed by atoms with van der Waals surface area (Å²) in [6.07, 6.45) is 13.4. The van der Waals surface area contributed by atoms with Gasteiger partial charge >= 0.3 is 5.97 Å². The summed E-state index contributed by atoms with van der Waals surface area (Å²) in [7, 11) is 0. The number of carbonyl (C=O) groups excluding carboxylic acids is 2. The van der Waals surface area contributed by atoms with Gasteiger partial charge in [-0.3, -0.25) is 9.59 Å². The van der Waals surface area contributed by atoms with Crippen molar-refractivity contribution in [2.24, 2.45) is 0 Å². The molecular weight excluding hydrogens is 394 g/mol. The van der Waals surface area contributed by atoms with E-state index < -0.39 is 17.9 Å². The number of hydrogen-bond acceptors (Lipinski definition) is 4. The third-order valence-corrected chi connectivity index (χ3v) is 5.43. The first-order valence-corrected chi connectivity index (χ1v) is 11.7. The van der Waals surface area contributed by atoms with Crippen molar-refractivity contribution in [1.82, 2.24) is 5.32 Å². The first-order chi connectivity index (χ1) is 14.9. The molecule has 0 saturated carbocycles. The number of unbranched alkanes of at least 4 members (excludes halogenated alkanes) is 10. The number of hydrogen-bond donors (Lipinski definition) is 3. The highest BCUT2D eigenvalue weighted by Gasteiger charge is 2.21. The number of phenols is 1. The van der Waals surface area contributed by atoms with Crippen LogP contribution in [0.3, 0.4) is 0 Å². The SMILES string of the molecule is CCCCCCCCCCCCCC(=O)CC(=O)N[C@@H](Cc1ccc(O)cc1)C(=O)O. The Kier molecular flexibility index (Phi) is 14.1. The second-order valence-corrected chi connectivity index (χ2v) is 8.33. The highest BCUT2D eigenvalue weighted by atomic mass is 16.4. The predicted molar refractivity (Wildman–Crippen MR) is 122 cm³/mol. The lowest BCUT2D eigenvalue weighted by Gasteiger charge is -2.14. The van der Waals surface area contributed by atoms with Crippen LogP contribution < -0.4 is 5.32 Å². The largest absolute Gasteiger partial charge is 0.508 e. The number of rotatable bonds is 18. The van der Waals surface area contributed by atoms with Gasteiger partial charge in [0.1, 0.15) is 17.6 Å². The zero-order chi connectivity index (χ0) is 22.9. The molecule has 1 aromatic carbocycles. The topological polar surface area (TPSA) is 104 Å². The van der Waals surface area contributed by atoms with Crippen molar-refractivity contribution in [2.75, 3.05) is 0 Å². The molecule has 1 atom stereocenters. The van der Waals surface area contributed by atoms with Gasteiger partial charge in [-0.1, -0.05) is 83.3 Å². The van der Waals surface area contributed by atoms with Gasteiger partial charge in [0.15, 0.2) is 0 Å². The molecule has 0 aliphatic heterocycles. The summed E-state index contributed by atoms with van der Waals surface area (Å²) in [6, 6.07) is 5.04. The van der Waals surface area contributed by atoms with Crippen molar-refractivity contribution in [3.63, 3.8) is 0 Å². The van der Waals surface area contributed by atoms with Gasteiger partial charge in [-0.2, -0.15) is 0 Å². The van der Waals surface area contributed by atoms with E-state index in [9.17, 15) is 24.6 Å². The molecule has 174 valence electrons. The van der Waals surface area contributed by atoms with E-state index in [1.54, 1.807) is 12.1 Å². The van der Waals surface area contributed by atoms with Gasteiger partial charge in [0, 0.05) is 12.8 Å². The zero-order valence-electron chi connectivity index (χ0n) is 18.9. The maximum Gasteiger partial charge on any atom is 0.326 e. The van der Waals surface area contributed by atoms with Gasteiger partial charge in [-0.05, 0) is 24.1 Å². The molecule has 0 aromatic heterocycles. The first-order valence-electron chi connectivity index (χ1n) is 11.7. The van der Waals surface area contributed by atoms with Crippen LogP contribution in [0.4, 0.5) is 0 Å². The van der Waals surface area contributed by atoms with Crippen molar-refractivity contribution < 1.29 is 24.6 Å². The standard InChI is InChI=1S/C25H39NO5/c1-2-3-4-5-6-7-8-9-10-11-12-13-22(28)19-24(29)26-23(25(30)31)18-20-14-16-21(27)17-15-20/h14-17,23,27H,2-13,18-19H2,1H3,(H,26,29)(H,30,31)/t23-/m0/s1. The average molecular weight is 434 g/mol. The van der Waals surface area contributed by atoms with Gasteiger partial charge in [-0.15, -0.1) is 0 Å². The van der Waals surface area contributed by atoms with Crippen LogP contribution >= 0.6 is 0 Å². The van der Waals surface area contributed by atoms with Crippen molar-refractivity contribution >= 4 is 17.7 Å². The van der Waals surface area contributed by atoms with Crippen LogP contribution in [0.25, 0.3) is 0 Å². The molecule has 0 saturated heterocycles. The van der Waals surface area contributed by atoms with Crippen LogP contribution in [0, 0.1) is 0 Å². The maximum absolute atomic E-state index is 12.1. The molecule has 6 heteroatoms. The Morgan fingerprint density at radius 1 is 0.839 bits per heavy atom. The van der Waals surface area contributed by atoms with Gasteiger partial charge in [0.05, 0.1) is 6.42 Å². The summed E-state index contributed by atoms with van der Waals surface area (Å²) in [5.41, 5.74) is 0.679. The number of carbonyl (C=O) groups is 3. The van der Waals surface area contributed by atoms with E-state index in [0.29, 0.717) is 12.0 Å². The monoisotopic (exact) mass is 433 g/mol. The second-order valence-electron chi connectivity index (χ2n) is 8.33. The molecule has 0 heterocycles. The highest BCUT2D eigenvalue weighted by Crippen LogP contribution is 2.13. The molecule has 0 aliphatic rings. The quantitative estimate of drug-likeness (QED) is 0.219. The molecule has 0 bridgehead atoms. The van der Waals surface area contributed by atoms with E-state index in [0.717, 1.165) is 19.3 Å². The smallest absolute Gasteiger partial charge is 0.326 e. The maximum atomic E-state index is 12.1. The molecular formula is C25H39NO5. The third kappa shape index (κ3) is 13.5. The Morgan fingerprint density at radius 2 is 1.35 bits per heavy atom. The molecule has 1 aromatic rings. The van der Waals surface area contributed by atoms with Crippen molar-refractivity contribution in [3.8, 4) is 5.75 Å². The van der Waals surface area contributed by atoms with E-state index >= 15 is 0 Å². The normalized spacial score (nSPS) is 11.8. The fourth-order valence-electron chi connectivity index (χ4n) is 3.57. The second kappa shape index (κ2) is 16.3. The Bertz CT molecular complexity index is 656. The number of Topliss-reactive ketones (excluding diaryl/α,β-unsaturated/α-hetero) is 1. The van der Waals surface area contributed by atoms with Crippen LogP contribution in [0.2, 0.25) is 0 Å². The fraction of sp³-hybridized carbons (Fsp3) is 0.640. The van der Waals surface area contributed by atoms with E-state index in [1.165, 1.54) is 63.5 Å². The summed E-state index contributed by atoms with van der Waals surface area (Å²) in [5.74, 6) is -1.77. The van der Waals surface area contributed by atoms with Crippen LogP contribution in [0.5, 0.6) is 5.75 Å². The third-order valence-electron chi connectivity index (χ3n) is 5.43. The number of nitrogens with one attached hydrogen (secondary N) is 1. The van der Waals surface area contributed by atoms with Crippen molar-refractivity contribution in [2.45, 2.75) is 103 Å². The Hall–Kier alpha value is -2.37. The minimum Gasteiger partial charge on any atom is -0.508 e. The summed E-state index contributed by atoms with van der Waals surface area (Å²) in [5, 5.41) is 21.1. The summed E-state index contributed by atoms with van der Waals surface area (Å²) < 4.78 is 0. The molecule has 3 N–H and O–H groups in total. The summed E-state index contributed by atoms with van der Waals surface area (Å²) >= 11 is 0. The number of aliphatic carboxylic acids is 1. The van der Waals surface area contributed by atoms with E-state index in [4.69, 9.17) is 0 Å². The summed E-state index contributed by atoms with van der Waals surface area (Å²) in [4.78, 5) is 35.5. The van der Waals surface area contributed by atoms with Gasteiger partial charge in [-0.25, -0.2) is 4.79 Å². The zero-order valence-corrected chi connectivity index (χ0v) is 18.9. The summed E-state index contributed by atoms with van der Waals surface area (Å²) in [6.45, 7) is 2.23. The van der Waals surface area contributed by atoms with E-state index in [1.807, 2.05) is 0 Å². The fourth-order valence-corrected chi connectivity index (χ4v) is 3.57. The van der Waals surface area contributed by atoms with Gasteiger partial charge in [0.2, 0.25) is 5.91 Å². The Morgan fingerprint density at radius 3 is 1.87 bits per heavy atom. The average Bonchev–Trinajstić information content (AvgIpc) is 2.73. The number of ketones is 1. The van der Waals surface area contributed by atoms with Crippen LogP contribution in [-0.2, 0) is 20.8 Å². The van der Waals surface area contributed by atoms with E-state index in [2.05, 4.69) is 12.2 Å². The molecule has 0 spiro atoms. The lowest BCUT2D eigenvalue weighted by atomic mass is 10.0. The van der Waals surface area contributed by atoms with Crippen LogP contribution in [0.15, 0.2) is 24.3 Å². The molecule has 1 rings (SSSR count). The van der Waals surface area contributed by atoms with Crippen molar-refractivity contribution in [3.05, 3.63) is 29.8 Å². The predicted octanol–water partition coefficient (Wildman–Crippen LogP) is 5.16. The van der Waals surface area contributed by atoms with Crippen molar-refractivity contribution in [1.29, 1.82) is 0 Å². The van der Waals surface area contributed by atoms with Crippen LogP contribution in [-0.4, -0.2) is 33.9 Å². The molecule has 1 amide bonds. The number of amides is 1. The van der Waals surface area contributed by atoms with E-state index in [-0.39, 0.29) is 24.4 Å². The molecule has 0 radical (unpaired) electrons. The first kappa shape index (κ1) is 26.7. The molecule has 31 heavy (non-hydrogen) atoms. The number of benzene rings is 1. The lowest BCUT2D eigenvalue weighted by molar-refractivity contribution is -0.142. The van der Waals surface area contributed by atoms with Crippen LogP contribution in [0.1, 0.15) is 96.0 Å². The number of carboxylic acids is 1. The molecule has 0 unspecified atom stereocenters. The number of carboxylic acid groups (broad SMARTS) is 1. The highest BCUT2D eigenvalue weighted by molar-refractivity contribution is 5.99. The minimum atomic E-state index is -1.15. The minimum absolute atomic E-state index is 0.0904. The number of phenolic OH excluding ortho intramolecular Hbond substituents is 1. The Labute approximate surface area is 186 Å². The van der Waals surface area contributed by atoms with Gasteiger partial charge < -0.3 is 15.5 Å². The molecule has 6 nitrogen and oxygen atoms in total. The number of aromatic hydroxyl groups is 1. The molecule has 0 aliphatic carbocycles. The molecule has 0 fully saturated rings. The lowest BCUT2D eigenvalue weighted by Crippen LogP contribution is -2.42.